The predicted octanol–water partition coefficient (Wildman–Crippen LogP) is 5.40. The molecule has 2 atom stereocenters. The summed E-state index contributed by atoms with van der Waals surface area (Å²) in [5, 5.41) is 3.79. The van der Waals surface area contributed by atoms with Crippen molar-refractivity contribution in [2.24, 2.45) is 5.92 Å². The zero-order chi connectivity index (χ0) is 15.3. The first-order chi connectivity index (χ1) is 9.42. The number of rotatable bonds is 7. The minimum Gasteiger partial charge on any atom is -0.310 e. The largest absolute Gasteiger partial charge is 0.310 e. The van der Waals surface area contributed by atoms with Gasteiger partial charge in [-0.3, -0.25) is 0 Å². The van der Waals surface area contributed by atoms with Crippen LogP contribution in [0.3, 0.4) is 0 Å². The third-order valence-electron chi connectivity index (χ3n) is 4.75. The van der Waals surface area contributed by atoms with E-state index in [0.29, 0.717) is 6.04 Å². The maximum atomic E-state index is 3.79. The van der Waals surface area contributed by atoms with Crippen LogP contribution < -0.4 is 5.32 Å². The first-order valence-electron chi connectivity index (χ1n) is 8.22. The molecule has 0 bridgehead atoms. The molecular weight excluding hydrogens is 242 g/mol. The molecule has 1 aromatic carbocycles. The van der Waals surface area contributed by atoms with Crippen LogP contribution in [0.25, 0.3) is 0 Å². The van der Waals surface area contributed by atoms with Crippen molar-refractivity contribution in [3.05, 3.63) is 33.9 Å². The van der Waals surface area contributed by atoms with Gasteiger partial charge in [-0.15, -0.1) is 0 Å². The van der Waals surface area contributed by atoms with E-state index < -0.39 is 0 Å². The predicted molar refractivity (Wildman–Crippen MR) is 90.5 cm³/mol. The van der Waals surface area contributed by atoms with Crippen LogP contribution >= 0.6 is 0 Å². The van der Waals surface area contributed by atoms with E-state index in [4.69, 9.17) is 0 Å². The molecule has 0 amide bonds. The Morgan fingerprint density at radius 1 is 1.00 bits per heavy atom. The summed E-state index contributed by atoms with van der Waals surface area (Å²) in [6, 6.07) is 2.83. The fourth-order valence-electron chi connectivity index (χ4n) is 2.96. The van der Waals surface area contributed by atoms with E-state index in [9.17, 15) is 0 Å². The van der Waals surface area contributed by atoms with Crippen molar-refractivity contribution in [2.75, 3.05) is 6.54 Å². The van der Waals surface area contributed by atoms with E-state index in [0.717, 1.165) is 12.5 Å². The second kappa shape index (κ2) is 7.83. The van der Waals surface area contributed by atoms with Gasteiger partial charge < -0.3 is 5.32 Å². The molecule has 114 valence electrons. The topological polar surface area (TPSA) is 12.0 Å². The summed E-state index contributed by atoms with van der Waals surface area (Å²) >= 11 is 0. The molecule has 0 aliphatic carbocycles. The summed E-state index contributed by atoms with van der Waals surface area (Å²) in [4.78, 5) is 0. The summed E-state index contributed by atoms with van der Waals surface area (Å²) in [6.07, 6.45) is 3.69. The fourth-order valence-corrected chi connectivity index (χ4v) is 2.96. The Balaban J connectivity index is 3.18. The van der Waals surface area contributed by atoms with Gasteiger partial charge in [-0.1, -0.05) is 33.3 Å². The monoisotopic (exact) mass is 275 g/mol. The van der Waals surface area contributed by atoms with Gasteiger partial charge in [0, 0.05) is 6.04 Å². The van der Waals surface area contributed by atoms with Gasteiger partial charge in [0.2, 0.25) is 0 Å². The highest BCUT2D eigenvalue weighted by Gasteiger charge is 2.19. The van der Waals surface area contributed by atoms with Crippen LogP contribution in [0.5, 0.6) is 0 Å². The number of nitrogens with one attached hydrogen (secondary N) is 1. The third kappa shape index (κ3) is 4.09. The standard InChI is InChI=1S/C19H33N/c1-8-10-20-18(11-13(3)9-2)19-16(6)14(4)12-15(5)17(19)7/h12-13,18,20H,8-11H2,1-7H3. The van der Waals surface area contributed by atoms with Crippen molar-refractivity contribution in [3.63, 3.8) is 0 Å². The van der Waals surface area contributed by atoms with E-state index in [1.165, 1.54) is 41.5 Å². The van der Waals surface area contributed by atoms with Crippen LogP contribution in [-0.2, 0) is 0 Å². The van der Waals surface area contributed by atoms with E-state index in [2.05, 4.69) is 59.8 Å². The molecule has 0 spiro atoms. The van der Waals surface area contributed by atoms with E-state index in [-0.39, 0.29) is 0 Å². The Kier molecular flexibility index (Phi) is 6.75. The average Bonchev–Trinajstić information content (AvgIpc) is 2.42. The molecular formula is C19H33N. The summed E-state index contributed by atoms with van der Waals surface area (Å²) in [7, 11) is 0. The highest BCUT2D eigenvalue weighted by molar-refractivity contribution is 5.45. The maximum Gasteiger partial charge on any atom is 0.0328 e. The minimum absolute atomic E-state index is 0.503. The van der Waals surface area contributed by atoms with E-state index >= 15 is 0 Å². The van der Waals surface area contributed by atoms with Gasteiger partial charge in [0.15, 0.2) is 0 Å². The number of hydrogen-bond acceptors (Lipinski definition) is 1. The maximum absolute atomic E-state index is 3.79. The molecule has 1 nitrogen and oxygen atoms in total. The molecule has 1 heteroatoms. The van der Waals surface area contributed by atoms with Gasteiger partial charge >= 0.3 is 0 Å². The fraction of sp³-hybridized carbons (Fsp3) is 0.684. The second-order valence-corrected chi connectivity index (χ2v) is 6.43. The normalized spacial score (nSPS) is 14.3. The summed E-state index contributed by atoms with van der Waals surface area (Å²) in [5.74, 6) is 0.768. The number of hydrogen-bond donors (Lipinski definition) is 1. The molecule has 0 radical (unpaired) electrons. The number of benzene rings is 1. The van der Waals surface area contributed by atoms with Gasteiger partial charge in [0.25, 0.3) is 0 Å². The molecule has 1 rings (SSSR count). The Hall–Kier alpha value is -0.820. The lowest BCUT2D eigenvalue weighted by Gasteiger charge is -2.27. The van der Waals surface area contributed by atoms with E-state index in [1.54, 1.807) is 5.56 Å². The van der Waals surface area contributed by atoms with Gasteiger partial charge in [0.1, 0.15) is 0 Å². The Labute approximate surface area is 126 Å². The van der Waals surface area contributed by atoms with Gasteiger partial charge in [0.05, 0.1) is 0 Å². The minimum atomic E-state index is 0.503. The summed E-state index contributed by atoms with van der Waals surface area (Å²) in [6.45, 7) is 17.1. The zero-order valence-electron chi connectivity index (χ0n) is 14.6. The quantitative estimate of drug-likeness (QED) is 0.703. The molecule has 0 heterocycles. The van der Waals surface area contributed by atoms with Crippen LogP contribution in [-0.4, -0.2) is 6.54 Å². The lowest BCUT2D eigenvalue weighted by molar-refractivity contribution is 0.400. The first kappa shape index (κ1) is 17.2. The van der Waals surface area contributed by atoms with Crippen molar-refractivity contribution < 1.29 is 0 Å². The molecule has 1 aromatic rings. The lowest BCUT2D eigenvalue weighted by atomic mass is 9.85. The van der Waals surface area contributed by atoms with Gasteiger partial charge in [-0.05, 0) is 80.8 Å². The number of aryl methyl sites for hydroxylation is 2. The first-order valence-corrected chi connectivity index (χ1v) is 8.22. The van der Waals surface area contributed by atoms with Crippen LogP contribution in [0.2, 0.25) is 0 Å². The van der Waals surface area contributed by atoms with Crippen LogP contribution in [0.4, 0.5) is 0 Å². The van der Waals surface area contributed by atoms with Gasteiger partial charge in [-0.2, -0.15) is 0 Å². The van der Waals surface area contributed by atoms with Gasteiger partial charge in [-0.25, -0.2) is 0 Å². The molecule has 2 unspecified atom stereocenters. The highest BCUT2D eigenvalue weighted by Crippen LogP contribution is 2.31. The lowest BCUT2D eigenvalue weighted by Crippen LogP contribution is -2.26. The van der Waals surface area contributed by atoms with Crippen LogP contribution in [0, 0.1) is 33.6 Å². The molecule has 20 heavy (non-hydrogen) atoms. The second-order valence-electron chi connectivity index (χ2n) is 6.43. The van der Waals surface area contributed by atoms with Crippen molar-refractivity contribution in [3.8, 4) is 0 Å². The summed E-state index contributed by atoms with van der Waals surface area (Å²) < 4.78 is 0. The molecule has 1 N–H and O–H groups in total. The average molecular weight is 275 g/mol. The van der Waals surface area contributed by atoms with Crippen molar-refractivity contribution in [1.82, 2.24) is 5.32 Å². The van der Waals surface area contributed by atoms with E-state index in [1.807, 2.05) is 0 Å². The Morgan fingerprint density at radius 3 is 2.00 bits per heavy atom. The molecule has 0 saturated carbocycles. The zero-order valence-corrected chi connectivity index (χ0v) is 14.6. The van der Waals surface area contributed by atoms with Crippen LogP contribution in [0.1, 0.15) is 73.9 Å². The molecule has 0 fully saturated rings. The van der Waals surface area contributed by atoms with Crippen molar-refractivity contribution in [2.45, 2.75) is 73.8 Å². The van der Waals surface area contributed by atoms with Crippen molar-refractivity contribution >= 4 is 0 Å². The molecule has 0 aromatic heterocycles. The van der Waals surface area contributed by atoms with Crippen LogP contribution in [0.15, 0.2) is 6.07 Å². The Bertz CT molecular complexity index is 408. The van der Waals surface area contributed by atoms with Crippen molar-refractivity contribution in [1.29, 1.82) is 0 Å². The molecule has 0 aliphatic heterocycles. The summed E-state index contributed by atoms with van der Waals surface area (Å²) in [5.41, 5.74) is 7.36. The molecule has 0 aliphatic rings. The molecule has 0 saturated heterocycles. The highest BCUT2D eigenvalue weighted by atomic mass is 14.9. The SMILES string of the molecule is CCCNC(CC(C)CC)c1c(C)c(C)cc(C)c1C. The Morgan fingerprint density at radius 2 is 1.55 bits per heavy atom. The smallest absolute Gasteiger partial charge is 0.0328 e. The third-order valence-corrected chi connectivity index (χ3v) is 4.75.